The molecule has 1 atom stereocenters. The molecule has 8 nitrogen and oxygen atoms in total. The summed E-state index contributed by atoms with van der Waals surface area (Å²) in [6.07, 6.45) is 5.18. The average molecular weight is 298 g/mol. The molecule has 1 aromatic heterocycles. The number of carboxylic acid groups (broad SMARTS) is 1. The SMILES string of the molecule is CCCC[C@H](NC(=O)Nc1cnn(CCOC)c1)C(=O)O. The zero-order valence-corrected chi connectivity index (χ0v) is 12.3. The van der Waals surface area contributed by atoms with Gasteiger partial charge in [-0.05, 0) is 6.42 Å². The number of aliphatic carboxylic acids is 1. The van der Waals surface area contributed by atoms with E-state index < -0.39 is 18.0 Å². The second-order valence-corrected chi connectivity index (χ2v) is 4.62. The molecule has 0 aromatic carbocycles. The van der Waals surface area contributed by atoms with Crippen LogP contribution in [0.3, 0.4) is 0 Å². The number of anilines is 1. The number of carboxylic acids is 1. The van der Waals surface area contributed by atoms with Crippen molar-refractivity contribution in [3.8, 4) is 0 Å². The minimum absolute atomic E-state index is 0.409. The van der Waals surface area contributed by atoms with Gasteiger partial charge < -0.3 is 20.5 Å². The molecule has 2 amide bonds. The van der Waals surface area contributed by atoms with Gasteiger partial charge >= 0.3 is 12.0 Å². The largest absolute Gasteiger partial charge is 0.480 e. The first-order valence-electron chi connectivity index (χ1n) is 6.88. The van der Waals surface area contributed by atoms with E-state index in [1.165, 1.54) is 6.20 Å². The molecule has 3 N–H and O–H groups in total. The number of nitrogens with zero attached hydrogens (tertiary/aromatic N) is 2. The maximum absolute atomic E-state index is 11.8. The number of rotatable bonds is 9. The number of amides is 2. The lowest BCUT2D eigenvalue weighted by atomic mass is 10.1. The van der Waals surface area contributed by atoms with Gasteiger partial charge in [0.25, 0.3) is 0 Å². The Morgan fingerprint density at radius 3 is 2.90 bits per heavy atom. The highest BCUT2D eigenvalue weighted by molar-refractivity contribution is 5.91. The molecule has 1 aromatic rings. The number of urea groups is 1. The van der Waals surface area contributed by atoms with Gasteiger partial charge in [0.1, 0.15) is 6.04 Å². The number of aromatic nitrogens is 2. The van der Waals surface area contributed by atoms with Crippen molar-refractivity contribution in [2.45, 2.75) is 38.8 Å². The Morgan fingerprint density at radius 1 is 1.52 bits per heavy atom. The Kier molecular flexibility index (Phi) is 7.24. The van der Waals surface area contributed by atoms with Gasteiger partial charge in [-0.25, -0.2) is 9.59 Å². The van der Waals surface area contributed by atoms with Crippen molar-refractivity contribution < 1.29 is 19.4 Å². The minimum atomic E-state index is -1.03. The number of ether oxygens (including phenoxy) is 1. The molecule has 8 heteroatoms. The molecule has 0 fully saturated rings. The van der Waals surface area contributed by atoms with Gasteiger partial charge in [-0.15, -0.1) is 0 Å². The van der Waals surface area contributed by atoms with Crippen molar-refractivity contribution in [3.63, 3.8) is 0 Å². The lowest BCUT2D eigenvalue weighted by Gasteiger charge is -2.14. The topological polar surface area (TPSA) is 105 Å². The predicted molar refractivity (Wildman–Crippen MR) is 77.2 cm³/mol. The highest BCUT2D eigenvalue weighted by atomic mass is 16.5. The monoisotopic (exact) mass is 298 g/mol. The van der Waals surface area contributed by atoms with Crippen molar-refractivity contribution in [3.05, 3.63) is 12.4 Å². The van der Waals surface area contributed by atoms with Crippen LogP contribution >= 0.6 is 0 Å². The van der Waals surface area contributed by atoms with Crippen molar-refractivity contribution in [2.75, 3.05) is 19.0 Å². The second-order valence-electron chi connectivity index (χ2n) is 4.62. The first-order valence-corrected chi connectivity index (χ1v) is 6.88. The highest BCUT2D eigenvalue weighted by Gasteiger charge is 2.19. The van der Waals surface area contributed by atoms with Crippen molar-refractivity contribution in [1.29, 1.82) is 0 Å². The fourth-order valence-electron chi connectivity index (χ4n) is 1.73. The Hall–Kier alpha value is -2.09. The number of methoxy groups -OCH3 is 1. The fraction of sp³-hybridized carbons (Fsp3) is 0.615. The molecule has 0 saturated heterocycles. The number of carbonyl (C=O) groups is 2. The van der Waals surface area contributed by atoms with Gasteiger partial charge in [-0.1, -0.05) is 19.8 Å². The summed E-state index contributed by atoms with van der Waals surface area (Å²) in [5.41, 5.74) is 0.503. The molecular formula is C13H22N4O4. The normalized spacial score (nSPS) is 11.9. The summed E-state index contributed by atoms with van der Waals surface area (Å²) in [4.78, 5) is 22.8. The van der Waals surface area contributed by atoms with E-state index in [9.17, 15) is 9.59 Å². The standard InChI is InChI=1S/C13H22N4O4/c1-3-4-5-11(12(18)19)16-13(20)15-10-8-14-17(9-10)6-7-21-2/h8-9,11H,3-7H2,1-2H3,(H,18,19)(H2,15,16,20)/t11-/m0/s1. The van der Waals surface area contributed by atoms with Crippen molar-refractivity contribution >= 4 is 17.7 Å². The summed E-state index contributed by atoms with van der Waals surface area (Å²) in [6, 6.07) is -1.43. The van der Waals surface area contributed by atoms with Crippen LogP contribution in [0.4, 0.5) is 10.5 Å². The van der Waals surface area contributed by atoms with Crippen LogP contribution in [0.25, 0.3) is 0 Å². The van der Waals surface area contributed by atoms with E-state index in [0.717, 1.165) is 12.8 Å². The van der Waals surface area contributed by atoms with Crippen molar-refractivity contribution in [1.82, 2.24) is 15.1 Å². The average Bonchev–Trinajstić information content (AvgIpc) is 2.88. The van der Waals surface area contributed by atoms with Crippen LogP contribution in [-0.2, 0) is 16.1 Å². The summed E-state index contributed by atoms with van der Waals surface area (Å²) >= 11 is 0. The van der Waals surface area contributed by atoms with E-state index in [-0.39, 0.29) is 0 Å². The van der Waals surface area contributed by atoms with Crippen LogP contribution in [0.15, 0.2) is 12.4 Å². The van der Waals surface area contributed by atoms with E-state index in [1.807, 2.05) is 6.92 Å². The van der Waals surface area contributed by atoms with Gasteiger partial charge in [0.15, 0.2) is 0 Å². The second kappa shape index (κ2) is 8.96. The summed E-state index contributed by atoms with van der Waals surface area (Å²) in [6.45, 7) is 3.06. The third-order valence-electron chi connectivity index (χ3n) is 2.87. The van der Waals surface area contributed by atoms with E-state index in [4.69, 9.17) is 9.84 Å². The maximum atomic E-state index is 11.8. The molecule has 0 saturated carbocycles. The lowest BCUT2D eigenvalue weighted by Crippen LogP contribution is -2.42. The van der Waals surface area contributed by atoms with Crippen LogP contribution in [0.1, 0.15) is 26.2 Å². The van der Waals surface area contributed by atoms with Gasteiger partial charge in [0.2, 0.25) is 0 Å². The Morgan fingerprint density at radius 2 is 2.29 bits per heavy atom. The quantitative estimate of drug-likeness (QED) is 0.637. The molecule has 1 heterocycles. The third kappa shape index (κ3) is 6.26. The van der Waals surface area contributed by atoms with Crippen LogP contribution in [-0.4, -0.2) is 46.6 Å². The number of unbranched alkanes of at least 4 members (excludes halogenated alkanes) is 1. The minimum Gasteiger partial charge on any atom is -0.480 e. The van der Waals surface area contributed by atoms with Crippen LogP contribution in [0, 0.1) is 0 Å². The molecular weight excluding hydrogens is 276 g/mol. The Bertz CT molecular complexity index is 461. The fourth-order valence-corrected chi connectivity index (χ4v) is 1.73. The molecule has 0 spiro atoms. The van der Waals surface area contributed by atoms with E-state index in [0.29, 0.717) is 25.3 Å². The molecule has 0 aliphatic carbocycles. The first-order chi connectivity index (χ1) is 10.1. The molecule has 0 unspecified atom stereocenters. The van der Waals surface area contributed by atoms with Gasteiger partial charge in [-0.3, -0.25) is 4.68 Å². The van der Waals surface area contributed by atoms with Crippen molar-refractivity contribution in [2.24, 2.45) is 0 Å². The van der Waals surface area contributed by atoms with E-state index in [1.54, 1.807) is 18.0 Å². The third-order valence-corrected chi connectivity index (χ3v) is 2.87. The molecule has 0 bridgehead atoms. The smallest absolute Gasteiger partial charge is 0.326 e. The van der Waals surface area contributed by atoms with E-state index >= 15 is 0 Å². The summed E-state index contributed by atoms with van der Waals surface area (Å²) in [5, 5.41) is 18.1. The summed E-state index contributed by atoms with van der Waals surface area (Å²) in [5.74, 6) is -1.03. The van der Waals surface area contributed by atoms with Gasteiger partial charge in [0.05, 0.1) is 25.0 Å². The summed E-state index contributed by atoms with van der Waals surface area (Å²) in [7, 11) is 1.60. The van der Waals surface area contributed by atoms with Crippen LogP contribution in [0.2, 0.25) is 0 Å². The van der Waals surface area contributed by atoms with Crippen LogP contribution in [0.5, 0.6) is 0 Å². The highest BCUT2D eigenvalue weighted by Crippen LogP contribution is 2.06. The number of nitrogens with one attached hydrogen (secondary N) is 2. The number of hydrogen-bond acceptors (Lipinski definition) is 4. The summed E-state index contributed by atoms with van der Waals surface area (Å²) < 4.78 is 6.56. The molecule has 0 aliphatic heterocycles. The number of carbonyl (C=O) groups excluding carboxylic acids is 1. The first kappa shape index (κ1) is 17.0. The van der Waals surface area contributed by atoms with Gasteiger partial charge in [0, 0.05) is 13.3 Å². The lowest BCUT2D eigenvalue weighted by molar-refractivity contribution is -0.139. The molecule has 0 radical (unpaired) electrons. The Balaban J connectivity index is 2.47. The number of hydrogen-bond donors (Lipinski definition) is 3. The molecule has 1 rings (SSSR count). The molecule has 118 valence electrons. The predicted octanol–water partition coefficient (Wildman–Crippen LogP) is 1.29. The zero-order valence-electron chi connectivity index (χ0n) is 12.3. The Labute approximate surface area is 123 Å². The van der Waals surface area contributed by atoms with Crippen LogP contribution < -0.4 is 10.6 Å². The van der Waals surface area contributed by atoms with E-state index in [2.05, 4.69) is 15.7 Å². The zero-order chi connectivity index (χ0) is 15.7. The maximum Gasteiger partial charge on any atom is 0.326 e. The molecule has 21 heavy (non-hydrogen) atoms. The van der Waals surface area contributed by atoms with Gasteiger partial charge in [-0.2, -0.15) is 5.10 Å². The molecule has 0 aliphatic rings.